The van der Waals surface area contributed by atoms with Crippen LogP contribution >= 0.6 is 0 Å². The Balaban J connectivity index is 1.52. The number of pyridine rings is 2. The molecule has 1 unspecified atom stereocenters. The summed E-state index contributed by atoms with van der Waals surface area (Å²) < 4.78 is 10.6. The van der Waals surface area contributed by atoms with Crippen LogP contribution in [0, 0.1) is 6.92 Å². The fraction of sp³-hybridized carbons (Fsp3) is 0.281. The highest BCUT2D eigenvalue weighted by Gasteiger charge is 2.50. The summed E-state index contributed by atoms with van der Waals surface area (Å²) in [5.74, 6) is 0. The van der Waals surface area contributed by atoms with Crippen molar-refractivity contribution < 1.29 is 13.6 Å². The zero-order chi connectivity index (χ0) is 24.9. The van der Waals surface area contributed by atoms with Crippen LogP contribution < -0.4 is 14.8 Å². The Bertz CT molecular complexity index is 1660. The molecule has 4 nitrogen and oxygen atoms in total. The number of aryl methyl sites for hydroxylation is 2. The summed E-state index contributed by atoms with van der Waals surface area (Å²) in [6, 6.07) is 25.4. The molecule has 0 aliphatic carbocycles. The lowest BCUT2D eigenvalue weighted by atomic mass is 9.66. The van der Waals surface area contributed by atoms with E-state index in [1.807, 2.05) is 24.3 Å². The second-order valence-electron chi connectivity index (χ2n) is 10.0. The van der Waals surface area contributed by atoms with E-state index in [0.717, 1.165) is 36.7 Å². The standard InChI is InChI=1S/C32H32N2O2/c1-4-32(5-2)25-15-10-17-27-29(25)30-24(31(35)36-27)14-11-20-34(30)28(32)18-21-33-19-9-8-16-26(33)23-13-7-6-12-22(23)3/h6-17,19-20,28H,4-5,18,21H2,1-3H3/q+2. The van der Waals surface area contributed by atoms with E-state index in [-0.39, 0.29) is 17.1 Å². The summed E-state index contributed by atoms with van der Waals surface area (Å²) in [6.07, 6.45) is 7.34. The highest BCUT2D eigenvalue weighted by atomic mass is 16.4. The third kappa shape index (κ3) is 3.24. The maximum atomic E-state index is 12.9. The second-order valence-corrected chi connectivity index (χ2v) is 10.0. The fourth-order valence-corrected chi connectivity index (χ4v) is 6.64. The lowest BCUT2D eigenvalue weighted by molar-refractivity contribution is -0.733. The van der Waals surface area contributed by atoms with Crippen molar-refractivity contribution in [3.05, 3.63) is 107 Å². The van der Waals surface area contributed by atoms with Crippen LogP contribution in [0.25, 0.3) is 33.1 Å². The molecular formula is C32H32N2O2+2. The van der Waals surface area contributed by atoms with Crippen LogP contribution in [-0.2, 0) is 12.0 Å². The molecule has 1 aliphatic rings. The normalized spacial score (nSPS) is 16.1. The van der Waals surface area contributed by atoms with Crippen molar-refractivity contribution in [3.8, 4) is 11.3 Å². The molecule has 2 aromatic carbocycles. The Morgan fingerprint density at radius 2 is 1.69 bits per heavy atom. The molecule has 0 radical (unpaired) electrons. The average molecular weight is 477 g/mol. The number of hydrogen-bond acceptors (Lipinski definition) is 2. The number of aromatic nitrogens is 2. The van der Waals surface area contributed by atoms with Crippen LogP contribution in [0.1, 0.15) is 50.3 Å². The molecule has 4 heteroatoms. The maximum Gasteiger partial charge on any atom is 0.350 e. The first kappa shape index (κ1) is 22.7. The van der Waals surface area contributed by atoms with Gasteiger partial charge in [0.25, 0.3) is 0 Å². The minimum Gasteiger partial charge on any atom is -0.422 e. The SMILES string of the molecule is CCC1(CC)c2cccc3oc(=O)c4ccc[n+](c4c23)C1CC[n+]1ccccc1-c1ccccc1C. The van der Waals surface area contributed by atoms with Crippen LogP contribution in [0.5, 0.6) is 0 Å². The fourth-order valence-electron chi connectivity index (χ4n) is 6.64. The minimum absolute atomic E-state index is 0.0520. The van der Waals surface area contributed by atoms with Crippen molar-refractivity contribution in [1.29, 1.82) is 0 Å². The Morgan fingerprint density at radius 1 is 0.889 bits per heavy atom. The van der Waals surface area contributed by atoms with Crippen LogP contribution in [0.2, 0.25) is 0 Å². The van der Waals surface area contributed by atoms with Crippen molar-refractivity contribution in [2.24, 2.45) is 0 Å². The van der Waals surface area contributed by atoms with Crippen molar-refractivity contribution in [2.45, 2.75) is 58.0 Å². The molecule has 6 rings (SSSR count). The van der Waals surface area contributed by atoms with Gasteiger partial charge >= 0.3 is 5.63 Å². The monoisotopic (exact) mass is 476 g/mol. The quantitative estimate of drug-likeness (QED) is 0.166. The van der Waals surface area contributed by atoms with E-state index in [9.17, 15) is 4.79 Å². The first-order chi connectivity index (χ1) is 17.6. The maximum absolute atomic E-state index is 12.9. The lowest BCUT2D eigenvalue weighted by Gasteiger charge is -2.39. The average Bonchev–Trinajstić information content (AvgIpc) is 2.91. The van der Waals surface area contributed by atoms with Gasteiger partial charge in [-0.3, -0.25) is 0 Å². The van der Waals surface area contributed by atoms with Crippen LogP contribution in [-0.4, -0.2) is 0 Å². The number of benzene rings is 2. The van der Waals surface area contributed by atoms with E-state index >= 15 is 0 Å². The summed E-state index contributed by atoms with van der Waals surface area (Å²) in [6.45, 7) is 7.66. The Hall–Kier alpha value is -3.79. The largest absolute Gasteiger partial charge is 0.422 e. The van der Waals surface area contributed by atoms with Gasteiger partial charge in [-0.25, -0.2) is 4.79 Å². The molecule has 0 spiro atoms. The summed E-state index contributed by atoms with van der Waals surface area (Å²) >= 11 is 0. The molecule has 180 valence electrons. The molecule has 0 saturated carbocycles. The molecule has 0 N–H and O–H groups in total. The number of nitrogens with zero attached hydrogens (tertiary/aromatic N) is 2. The Labute approximate surface area is 211 Å². The zero-order valence-corrected chi connectivity index (χ0v) is 21.2. The lowest BCUT2D eigenvalue weighted by Crippen LogP contribution is -2.55. The van der Waals surface area contributed by atoms with E-state index in [0.29, 0.717) is 11.0 Å². The molecular weight excluding hydrogens is 444 g/mol. The topological polar surface area (TPSA) is 38.0 Å². The highest BCUT2D eigenvalue weighted by Crippen LogP contribution is 2.48. The van der Waals surface area contributed by atoms with Gasteiger partial charge in [0.05, 0.1) is 17.2 Å². The van der Waals surface area contributed by atoms with E-state index in [1.54, 1.807) is 0 Å². The first-order valence-electron chi connectivity index (χ1n) is 13.0. The molecule has 0 fully saturated rings. The van der Waals surface area contributed by atoms with Gasteiger partial charge in [0.2, 0.25) is 11.2 Å². The molecule has 4 heterocycles. The van der Waals surface area contributed by atoms with Gasteiger partial charge in [-0.1, -0.05) is 44.2 Å². The van der Waals surface area contributed by atoms with Crippen LogP contribution in [0.15, 0.2) is 94.4 Å². The minimum atomic E-state index is -0.262. The molecule has 1 aliphatic heterocycles. The molecule has 0 amide bonds. The predicted octanol–water partition coefficient (Wildman–Crippen LogP) is 6.20. The van der Waals surface area contributed by atoms with Crippen molar-refractivity contribution in [1.82, 2.24) is 0 Å². The summed E-state index contributed by atoms with van der Waals surface area (Å²) in [7, 11) is 0. The number of rotatable bonds is 6. The van der Waals surface area contributed by atoms with Gasteiger partial charge in [-0.05, 0) is 55.2 Å². The molecule has 0 saturated heterocycles. The van der Waals surface area contributed by atoms with E-state index < -0.39 is 0 Å². The van der Waals surface area contributed by atoms with Crippen molar-refractivity contribution in [2.75, 3.05) is 0 Å². The summed E-state index contributed by atoms with van der Waals surface area (Å²) in [5, 5.41) is 1.76. The molecule has 5 aromatic rings. The first-order valence-corrected chi connectivity index (χ1v) is 13.0. The third-order valence-corrected chi connectivity index (χ3v) is 8.49. The zero-order valence-electron chi connectivity index (χ0n) is 21.2. The van der Waals surface area contributed by atoms with E-state index in [2.05, 4.69) is 90.8 Å². The van der Waals surface area contributed by atoms with Crippen LogP contribution in [0.4, 0.5) is 0 Å². The van der Waals surface area contributed by atoms with E-state index in [4.69, 9.17) is 4.42 Å². The molecule has 36 heavy (non-hydrogen) atoms. The van der Waals surface area contributed by atoms with Gasteiger partial charge in [-0.15, -0.1) is 0 Å². The van der Waals surface area contributed by atoms with Gasteiger partial charge in [-0.2, -0.15) is 9.13 Å². The predicted molar refractivity (Wildman–Crippen MR) is 143 cm³/mol. The summed E-state index contributed by atoms with van der Waals surface area (Å²) in [5.41, 5.74) is 6.47. The molecule has 0 bridgehead atoms. The second kappa shape index (κ2) is 8.70. The Morgan fingerprint density at radius 3 is 2.50 bits per heavy atom. The van der Waals surface area contributed by atoms with Gasteiger partial charge in [0.15, 0.2) is 25.0 Å². The Kier molecular flexibility index (Phi) is 5.48. The van der Waals surface area contributed by atoms with Crippen molar-refractivity contribution in [3.63, 3.8) is 0 Å². The van der Waals surface area contributed by atoms with Gasteiger partial charge in [0.1, 0.15) is 11.0 Å². The van der Waals surface area contributed by atoms with Crippen LogP contribution in [0.3, 0.4) is 0 Å². The van der Waals surface area contributed by atoms with Gasteiger partial charge < -0.3 is 4.42 Å². The summed E-state index contributed by atoms with van der Waals surface area (Å²) in [4.78, 5) is 12.9. The smallest absolute Gasteiger partial charge is 0.350 e. The molecule has 3 aromatic heterocycles. The molecule has 1 atom stereocenters. The number of hydrogen-bond donors (Lipinski definition) is 0. The van der Waals surface area contributed by atoms with E-state index in [1.165, 1.54) is 22.4 Å². The third-order valence-electron chi connectivity index (χ3n) is 8.49. The van der Waals surface area contributed by atoms with Gasteiger partial charge in [0, 0.05) is 23.8 Å². The van der Waals surface area contributed by atoms with Crippen molar-refractivity contribution >= 4 is 21.9 Å². The highest BCUT2D eigenvalue weighted by molar-refractivity contribution is 6.02.